The van der Waals surface area contributed by atoms with Crippen molar-refractivity contribution in [2.45, 2.75) is 32.8 Å². The van der Waals surface area contributed by atoms with Crippen LogP contribution >= 0.6 is 0 Å². The largest absolute Gasteiger partial charge is 0.444 e. The molecule has 2 aromatic heterocycles. The number of rotatable bonds is 3. The van der Waals surface area contributed by atoms with Gasteiger partial charge in [-0.25, -0.2) is 14.8 Å². The summed E-state index contributed by atoms with van der Waals surface area (Å²) in [5.41, 5.74) is 1.14. The second kappa shape index (κ2) is 5.86. The topological polar surface area (TPSA) is 64.1 Å². The van der Waals surface area contributed by atoms with Crippen LogP contribution < -0.4 is 5.32 Å². The van der Waals surface area contributed by atoms with Crippen molar-refractivity contribution < 1.29 is 9.53 Å². The Morgan fingerprint density at radius 1 is 1.30 bits per heavy atom. The van der Waals surface area contributed by atoms with Crippen molar-refractivity contribution in [3.05, 3.63) is 36.2 Å². The fourth-order valence-corrected chi connectivity index (χ4v) is 1.74. The first kappa shape index (κ1) is 14.2. The van der Waals surface area contributed by atoms with E-state index < -0.39 is 11.7 Å². The van der Waals surface area contributed by atoms with Gasteiger partial charge in [-0.15, -0.1) is 0 Å². The van der Waals surface area contributed by atoms with Crippen LogP contribution in [0.1, 0.15) is 26.5 Å². The number of carbonyl (C=O) groups excluding carboxylic acids is 1. The number of nitrogens with one attached hydrogen (secondary N) is 1. The zero-order chi connectivity index (χ0) is 14.6. The minimum Gasteiger partial charge on any atom is -0.444 e. The van der Waals surface area contributed by atoms with Crippen LogP contribution in [0.15, 0.2) is 30.5 Å². The lowest BCUT2D eigenvalue weighted by molar-refractivity contribution is 0.0528. The van der Waals surface area contributed by atoms with Gasteiger partial charge < -0.3 is 10.1 Å². The summed E-state index contributed by atoms with van der Waals surface area (Å²) in [6.07, 6.45) is 1.96. The van der Waals surface area contributed by atoms with Crippen LogP contribution in [0, 0.1) is 0 Å². The molecule has 0 saturated carbocycles. The summed E-state index contributed by atoms with van der Waals surface area (Å²) < 4.78 is 5.16. The Labute approximate surface area is 118 Å². The third-order valence-electron chi connectivity index (χ3n) is 2.57. The highest BCUT2D eigenvalue weighted by Gasteiger charge is 2.15. The first-order chi connectivity index (χ1) is 9.44. The van der Waals surface area contributed by atoms with E-state index in [0.717, 1.165) is 16.7 Å². The van der Waals surface area contributed by atoms with Crippen LogP contribution in [-0.4, -0.2) is 28.2 Å². The summed E-state index contributed by atoms with van der Waals surface area (Å²) in [5, 5.41) is 3.72. The Balaban J connectivity index is 1.88. The van der Waals surface area contributed by atoms with E-state index in [0.29, 0.717) is 13.0 Å². The van der Waals surface area contributed by atoms with E-state index in [1.165, 1.54) is 0 Å². The predicted molar refractivity (Wildman–Crippen MR) is 77.5 cm³/mol. The van der Waals surface area contributed by atoms with Gasteiger partial charge in [0.2, 0.25) is 0 Å². The summed E-state index contributed by atoms with van der Waals surface area (Å²) in [6.45, 7) is 6.00. The number of hydrogen-bond donors (Lipinski definition) is 1. The highest BCUT2D eigenvalue weighted by molar-refractivity contribution is 5.74. The Kier molecular flexibility index (Phi) is 4.17. The van der Waals surface area contributed by atoms with Crippen molar-refractivity contribution >= 4 is 17.1 Å². The fraction of sp³-hybridized carbons (Fsp3) is 0.400. The molecule has 0 bridgehead atoms. The molecule has 0 atom stereocenters. The van der Waals surface area contributed by atoms with Crippen molar-refractivity contribution in [3.63, 3.8) is 0 Å². The molecule has 0 aliphatic carbocycles. The average Bonchev–Trinajstić information content (AvgIpc) is 2.36. The smallest absolute Gasteiger partial charge is 0.407 e. The van der Waals surface area contributed by atoms with Gasteiger partial charge in [0, 0.05) is 30.2 Å². The van der Waals surface area contributed by atoms with Crippen LogP contribution in [0.3, 0.4) is 0 Å². The van der Waals surface area contributed by atoms with E-state index in [2.05, 4.69) is 15.3 Å². The van der Waals surface area contributed by atoms with E-state index in [4.69, 9.17) is 4.74 Å². The molecular weight excluding hydrogens is 254 g/mol. The van der Waals surface area contributed by atoms with Crippen LogP contribution in [0.4, 0.5) is 4.79 Å². The van der Waals surface area contributed by atoms with Gasteiger partial charge in [-0.3, -0.25) is 0 Å². The van der Waals surface area contributed by atoms with Crippen molar-refractivity contribution in [3.8, 4) is 0 Å². The average molecular weight is 273 g/mol. The molecule has 2 aromatic rings. The molecule has 0 radical (unpaired) electrons. The standard InChI is InChI=1S/C15H19N3O2/c1-15(2,3)20-14(19)17-10-8-12-7-6-11-5-4-9-16-13(11)18-12/h4-7,9H,8,10H2,1-3H3,(H,17,19). The molecule has 1 amide bonds. The Bertz CT molecular complexity index is 605. The van der Waals surface area contributed by atoms with E-state index in [-0.39, 0.29) is 0 Å². The molecule has 0 aliphatic heterocycles. The van der Waals surface area contributed by atoms with Gasteiger partial charge in [0.25, 0.3) is 0 Å². The van der Waals surface area contributed by atoms with Gasteiger partial charge >= 0.3 is 6.09 Å². The molecule has 0 fully saturated rings. The lowest BCUT2D eigenvalue weighted by Gasteiger charge is -2.19. The molecule has 106 valence electrons. The van der Waals surface area contributed by atoms with Gasteiger partial charge in [0.15, 0.2) is 5.65 Å². The number of carbonyl (C=O) groups is 1. The van der Waals surface area contributed by atoms with E-state index >= 15 is 0 Å². The summed E-state index contributed by atoms with van der Waals surface area (Å²) in [5.74, 6) is 0. The normalized spacial score (nSPS) is 11.3. The molecule has 0 unspecified atom stereocenters. The SMILES string of the molecule is CC(C)(C)OC(=O)NCCc1ccc2cccnc2n1. The first-order valence-corrected chi connectivity index (χ1v) is 6.61. The maximum Gasteiger partial charge on any atom is 0.407 e. The molecule has 5 nitrogen and oxygen atoms in total. The van der Waals surface area contributed by atoms with Crippen molar-refractivity contribution in [1.82, 2.24) is 15.3 Å². The number of pyridine rings is 2. The molecule has 0 aromatic carbocycles. The Morgan fingerprint density at radius 3 is 2.85 bits per heavy atom. The molecular formula is C15H19N3O2. The first-order valence-electron chi connectivity index (χ1n) is 6.61. The summed E-state index contributed by atoms with van der Waals surface area (Å²) >= 11 is 0. The third kappa shape index (κ3) is 4.19. The third-order valence-corrected chi connectivity index (χ3v) is 2.57. The number of ether oxygens (including phenoxy) is 1. The number of fused-ring (bicyclic) bond motifs is 1. The number of alkyl carbamates (subject to hydrolysis) is 1. The highest BCUT2D eigenvalue weighted by Crippen LogP contribution is 2.09. The number of hydrogen-bond acceptors (Lipinski definition) is 4. The van der Waals surface area contributed by atoms with Crippen LogP contribution in [0.5, 0.6) is 0 Å². The van der Waals surface area contributed by atoms with Crippen LogP contribution in [0.2, 0.25) is 0 Å². The van der Waals surface area contributed by atoms with Gasteiger partial charge in [-0.1, -0.05) is 0 Å². The number of aromatic nitrogens is 2. The number of nitrogens with zero attached hydrogens (tertiary/aromatic N) is 2. The van der Waals surface area contributed by atoms with E-state index in [1.807, 2.05) is 45.0 Å². The summed E-state index contributed by atoms with van der Waals surface area (Å²) in [7, 11) is 0. The van der Waals surface area contributed by atoms with Crippen molar-refractivity contribution in [1.29, 1.82) is 0 Å². The predicted octanol–water partition coefficient (Wildman–Crippen LogP) is 2.70. The van der Waals surface area contributed by atoms with E-state index in [1.54, 1.807) is 6.20 Å². The van der Waals surface area contributed by atoms with Crippen molar-refractivity contribution in [2.24, 2.45) is 0 Å². The second-order valence-corrected chi connectivity index (χ2v) is 5.53. The van der Waals surface area contributed by atoms with Gasteiger partial charge in [-0.05, 0) is 45.0 Å². The molecule has 5 heteroatoms. The minimum absolute atomic E-state index is 0.406. The molecule has 2 rings (SSSR count). The lowest BCUT2D eigenvalue weighted by Crippen LogP contribution is -2.33. The van der Waals surface area contributed by atoms with Gasteiger partial charge in [0.05, 0.1) is 0 Å². The number of amides is 1. The van der Waals surface area contributed by atoms with Crippen molar-refractivity contribution in [2.75, 3.05) is 6.54 Å². The highest BCUT2D eigenvalue weighted by atomic mass is 16.6. The molecule has 2 heterocycles. The quantitative estimate of drug-likeness (QED) is 0.933. The summed E-state index contributed by atoms with van der Waals surface area (Å²) in [4.78, 5) is 20.1. The molecule has 1 N–H and O–H groups in total. The second-order valence-electron chi connectivity index (χ2n) is 5.53. The molecule has 0 aliphatic rings. The maximum absolute atomic E-state index is 11.5. The molecule has 20 heavy (non-hydrogen) atoms. The van der Waals surface area contributed by atoms with E-state index in [9.17, 15) is 4.79 Å². The Hall–Kier alpha value is -2.17. The van der Waals surface area contributed by atoms with Gasteiger partial charge in [-0.2, -0.15) is 0 Å². The Morgan fingerprint density at radius 2 is 2.10 bits per heavy atom. The zero-order valence-corrected chi connectivity index (χ0v) is 12.0. The maximum atomic E-state index is 11.5. The van der Waals surface area contributed by atoms with Crippen LogP contribution in [0.25, 0.3) is 11.0 Å². The van der Waals surface area contributed by atoms with Crippen LogP contribution in [-0.2, 0) is 11.2 Å². The summed E-state index contributed by atoms with van der Waals surface area (Å²) in [6, 6.07) is 7.78. The zero-order valence-electron chi connectivity index (χ0n) is 12.0. The molecule has 0 spiro atoms. The van der Waals surface area contributed by atoms with Gasteiger partial charge in [0.1, 0.15) is 5.60 Å². The lowest BCUT2D eigenvalue weighted by atomic mass is 10.2. The fourth-order valence-electron chi connectivity index (χ4n) is 1.74. The molecule has 0 saturated heterocycles. The monoisotopic (exact) mass is 273 g/mol. The minimum atomic E-state index is -0.477.